The number of ether oxygens (including phenoxy) is 2. The molecule has 1 amide bonds. The van der Waals surface area contributed by atoms with Crippen LogP contribution in [0.15, 0.2) is 24.3 Å². The zero-order chi connectivity index (χ0) is 20.1. The molecule has 0 atom stereocenters. The first-order valence-corrected chi connectivity index (χ1v) is 8.39. The number of hydrogen-bond acceptors (Lipinski definition) is 7. The lowest BCUT2D eigenvalue weighted by atomic mass is 10.1. The monoisotopic (exact) mass is 371 g/mol. The average Bonchev–Trinajstić information content (AvgIpc) is 2.66. The molecule has 1 rings (SSSR count). The second-order valence-corrected chi connectivity index (χ2v) is 5.54. The van der Waals surface area contributed by atoms with Crippen LogP contribution in [-0.2, 0) is 14.3 Å². The number of nitriles is 2. The summed E-state index contributed by atoms with van der Waals surface area (Å²) in [6, 6.07) is 10.4. The van der Waals surface area contributed by atoms with Gasteiger partial charge in [-0.15, -0.1) is 0 Å². The van der Waals surface area contributed by atoms with E-state index in [4.69, 9.17) is 20.0 Å². The Morgan fingerprint density at radius 2 is 1.63 bits per heavy atom. The van der Waals surface area contributed by atoms with Gasteiger partial charge in [0, 0.05) is 18.7 Å². The Morgan fingerprint density at radius 3 is 2.15 bits per heavy atom. The van der Waals surface area contributed by atoms with E-state index < -0.39 is 18.5 Å². The molecular weight excluding hydrogens is 350 g/mol. The third-order valence-electron chi connectivity index (χ3n) is 3.53. The highest BCUT2D eigenvalue weighted by Gasteiger charge is 2.15. The highest BCUT2D eigenvalue weighted by Crippen LogP contribution is 2.12. The van der Waals surface area contributed by atoms with Crippen molar-refractivity contribution in [2.24, 2.45) is 0 Å². The molecule has 0 fully saturated rings. The van der Waals surface area contributed by atoms with Gasteiger partial charge in [-0.25, -0.2) is 0 Å². The summed E-state index contributed by atoms with van der Waals surface area (Å²) in [5.74, 6) is -0.574. The molecule has 0 aromatic heterocycles. The third-order valence-corrected chi connectivity index (χ3v) is 3.53. The fourth-order valence-corrected chi connectivity index (χ4v) is 2.07. The molecule has 8 heteroatoms. The lowest BCUT2D eigenvalue weighted by Gasteiger charge is -2.20. The molecule has 0 bridgehead atoms. The number of rotatable bonds is 11. The summed E-state index contributed by atoms with van der Waals surface area (Å²) >= 11 is 0. The number of benzene rings is 1. The van der Waals surface area contributed by atoms with Crippen molar-refractivity contribution in [3.63, 3.8) is 0 Å². The summed E-state index contributed by atoms with van der Waals surface area (Å²) < 4.78 is 10.3. The maximum absolute atomic E-state index is 12.0. The van der Waals surface area contributed by atoms with Crippen LogP contribution < -0.4 is 4.74 Å². The maximum atomic E-state index is 12.0. The van der Waals surface area contributed by atoms with Gasteiger partial charge in [0.15, 0.2) is 12.4 Å². The Hall–Kier alpha value is -3.39. The number of esters is 1. The Kier molecular flexibility index (Phi) is 9.66. The van der Waals surface area contributed by atoms with Crippen LogP contribution in [0, 0.1) is 22.7 Å². The van der Waals surface area contributed by atoms with Gasteiger partial charge in [-0.05, 0) is 31.2 Å². The van der Waals surface area contributed by atoms with Crippen LogP contribution in [-0.4, -0.2) is 48.9 Å². The van der Waals surface area contributed by atoms with Gasteiger partial charge in [0.1, 0.15) is 5.75 Å². The molecule has 0 N–H and O–H groups in total. The number of carbonyl (C=O) groups excluding carboxylic acids is 3. The van der Waals surface area contributed by atoms with Crippen LogP contribution in [0.25, 0.3) is 0 Å². The largest absolute Gasteiger partial charge is 0.493 e. The first-order valence-electron chi connectivity index (χ1n) is 8.39. The molecule has 142 valence electrons. The maximum Gasteiger partial charge on any atom is 0.309 e. The smallest absolute Gasteiger partial charge is 0.309 e. The minimum Gasteiger partial charge on any atom is -0.493 e. The quantitative estimate of drug-likeness (QED) is 0.430. The van der Waals surface area contributed by atoms with Crippen molar-refractivity contribution in [1.29, 1.82) is 10.5 Å². The molecule has 0 aliphatic rings. The number of carbonyl (C=O) groups is 3. The molecule has 8 nitrogen and oxygen atoms in total. The molecular formula is C19H21N3O5. The Balaban J connectivity index is 2.34. The molecule has 0 spiro atoms. The standard InChI is InChI=1S/C19H21N3O5/c1-15(23)16-4-6-17(7-5-16)26-13-8-19(25)27-14-18(24)22(11-2-9-20)12-3-10-21/h4-7H,2-3,8,11-14H2,1H3. The highest BCUT2D eigenvalue weighted by atomic mass is 16.5. The van der Waals surface area contributed by atoms with Crippen LogP contribution >= 0.6 is 0 Å². The van der Waals surface area contributed by atoms with Crippen LogP contribution in [0.5, 0.6) is 5.75 Å². The number of nitrogens with zero attached hydrogens (tertiary/aromatic N) is 3. The predicted molar refractivity (Wildman–Crippen MR) is 94.6 cm³/mol. The van der Waals surface area contributed by atoms with E-state index in [1.54, 1.807) is 24.3 Å². The van der Waals surface area contributed by atoms with Crippen LogP contribution in [0.4, 0.5) is 0 Å². The predicted octanol–water partition coefficient (Wildman–Crippen LogP) is 1.86. The average molecular weight is 371 g/mol. The van der Waals surface area contributed by atoms with E-state index in [0.29, 0.717) is 11.3 Å². The SMILES string of the molecule is CC(=O)c1ccc(OCCC(=O)OCC(=O)N(CCC#N)CCC#N)cc1. The topological polar surface area (TPSA) is 120 Å². The summed E-state index contributed by atoms with van der Waals surface area (Å²) in [7, 11) is 0. The minimum absolute atomic E-state index is 0.0435. The molecule has 1 aromatic rings. The summed E-state index contributed by atoms with van der Waals surface area (Å²) in [5, 5.41) is 17.2. The summed E-state index contributed by atoms with van der Waals surface area (Å²) in [5.41, 5.74) is 0.567. The molecule has 0 radical (unpaired) electrons. The van der Waals surface area contributed by atoms with E-state index in [9.17, 15) is 14.4 Å². The van der Waals surface area contributed by atoms with Gasteiger partial charge in [0.2, 0.25) is 0 Å². The number of Topliss-reactive ketones (excluding diaryl/α,β-unsaturated/α-hetero) is 1. The van der Waals surface area contributed by atoms with Crippen molar-refractivity contribution in [3.05, 3.63) is 29.8 Å². The van der Waals surface area contributed by atoms with Crippen LogP contribution in [0.1, 0.15) is 36.5 Å². The summed E-state index contributed by atoms with van der Waals surface area (Å²) in [4.78, 5) is 36.2. The Bertz CT molecular complexity index is 713. The zero-order valence-corrected chi connectivity index (χ0v) is 15.1. The molecule has 0 aliphatic carbocycles. The van der Waals surface area contributed by atoms with E-state index in [1.165, 1.54) is 11.8 Å². The van der Waals surface area contributed by atoms with Crippen molar-refractivity contribution < 1.29 is 23.9 Å². The number of amides is 1. The molecule has 0 unspecified atom stereocenters. The van der Waals surface area contributed by atoms with Gasteiger partial charge in [-0.3, -0.25) is 14.4 Å². The van der Waals surface area contributed by atoms with E-state index >= 15 is 0 Å². The first kappa shape index (κ1) is 21.7. The minimum atomic E-state index is -0.593. The lowest BCUT2D eigenvalue weighted by Crippen LogP contribution is -2.36. The Morgan fingerprint density at radius 1 is 1.04 bits per heavy atom. The molecule has 0 saturated heterocycles. The first-order chi connectivity index (χ1) is 13.0. The van der Waals surface area contributed by atoms with Gasteiger partial charge >= 0.3 is 5.97 Å². The van der Waals surface area contributed by atoms with Crippen molar-refractivity contribution in [2.45, 2.75) is 26.2 Å². The van der Waals surface area contributed by atoms with Crippen LogP contribution in [0.3, 0.4) is 0 Å². The molecule has 1 aromatic carbocycles. The normalized spacial score (nSPS) is 9.59. The second-order valence-electron chi connectivity index (χ2n) is 5.54. The van der Waals surface area contributed by atoms with Crippen molar-refractivity contribution in [3.8, 4) is 17.9 Å². The second kappa shape index (κ2) is 12.0. The zero-order valence-electron chi connectivity index (χ0n) is 15.1. The summed E-state index contributed by atoms with van der Waals surface area (Å²) in [6.45, 7) is 1.47. The Labute approximate surface area is 157 Å². The number of ketones is 1. The van der Waals surface area contributed by atoms with E-state index in [-0.39, 0.29) is 44.7 Å². The van der Waals surface area contributed by atoms with Crippen molar-refractivity contribution in [1.82, 2.24) is 4.90 Å². The van der Waals surface area contributed by atoms with Gasteiger partial charge in [0.25, 0.3) is 5.91 Å². The lowest BCUT2D eigenvalue weighted by molar-refractivity contribution is -0.152. The van der Waals surface area contributed by atoms with Gasteiger partial charge in [0.05, 0.1) is 38.0 Å². The van der Waals surface area contributed by atoms with E-state index in [2.05, 4.69) is 0 Å². The fourth-order valence-electron chi connectivity index (χ4n) is 2.07. The van der Waals surface area contributed by atoms with Crippen molar-refractivity contribution in [2.75, 3.05) is 26.3 Å². The van der Waals surface area contributed by atoms with Crippen molar-refractivity contribution >= 4 is 17.7 Å². The highest BCUT2D eigenvalue weighted by molar-refractivity contribution is 5.94. The third kappa shape index (κ3) is 8.50. The van der Waals surface area contributed by atoms with Gasteiger partial charge in [-0.2, -0.15) is 10.5 Å². The molecule has 0 saturated carbocycles. The number of hydrogen-bond donors (Lipinski definition) is 0. The fraction of sp³-hybridized carbons (Fsp3) is 0.421. The molecule has 0 aliphatic heterocycles. The van der Waals surface area contributed by atoms with Crippen LogP contribution in [0.2, 0.25) is 0 Å². The molecule has 0 heterocycles. The van der Waals surface area contributed by atoms with Gasteiger partial charge < -0.3 is 14.4 Å². The molecule has 27 heavy (non-hydrogen) atoms. The van der Waals surface area contributed by atoms with E-state index in [1.807, 2.05) is 12.1 Å². The summed E-state index contributed by atoms with van der Waals surface area (Å²) in [6.07, 6.45) is 0.237. The van der Waals surface area contributed by atoms with E-state index in [0.717, 1.165) is 0 Å². The van der Waals surface area contributed by atoms with Gasteiger partial charge in [-0.1, -0.05) is 0 Å².